The summed E-state index contributed by atoms with van der Waals surface area (Å²) in [5, 5.41) is 9.04. The standard InChI is InChI=1S/C13H13N3O2S/c1-8-2-3-12(10(14)4-8)19-6-11-9(13(17)18)5-15-7-16-11/h2-5,7H,6,14H2,1H3,(H,17,18). The molecule has 0 saturated heterocycles. The lowest BCUT2D eigenvalue weighted by atomic mass is 10.2. The Kier molecular flexibility index (Phi) is 4.01. The molecule has 19 heavy (non-hydrogen) atoms. The van der Waals surface area contributed by atoms with Gasteiger partial charge in [0.25, 0.3) is 0 Å². The van der Waals surface area contributed by atoms with Crippen LogP contribution in [-0.4, -0.2) is 21.0 Å². The molecular weight excluding hydrogens is 262 g/mol. The monoisotopic (exact) mass is 275 g/mol. The van der Waals surface area contributed by atoms with E-state index in [-0.39, 0.29) is 5.56 Å². The molecule has 0 bridgehead atoms. The fourth-order valence-corrected chi connectivity index (χ4v) is 2.51. The largest absolute Gasteiger partial charge is 0.478 e. The van der Waals surface area contributed by atoms with Crippen LogP contribution in [0.15, 0.2) is 35.6 Å². The fourth-order valence-electron chi connectivity index (χ4n) is 1.59. The molecule has 0 amide bonds. The third-order valence-electron chi connectivity index (χ3n) is 2.55. The molecule has 0 atom stereocenters. The smallest absolute Gasteiger partial charge is 0.339 e. The molecule has 98 valence electrons. The lowest BCUT2D eigenvalue weighted by Crippen LogP contribution is -2.04. The molecule has 0 aliphatic carbocycles. The van der Waals surface area contributed by atoms with Crippen LogP contribution < -0.4 is 5.73 Å². The number of thioether (sulfide) groups is 1. The van der Waals surface area contributed by atoms with E-state index >= 15 is 0 Å². The molecule has 0 saturated carbocycles. The summed E-state index contributed by atoms with van der Waals surface area (Å²) in [5.74, 6) is -0.578. The lowest BCUT2D eigenvalue weighted by molar-refractivity contribution is 0.0695. The molecule has 0 aliphatic rings. The molecule has 1 aromatic heterocycles. The number of rotatable bonds is 4. The molecule has 0 aliphatic heterocycles. The number of nitrogens with two attached hydrogens (primary N) is 1. The summed E-state index contributed by atoms with van der Waals surface area (Å²) in [6.07, 6.45) is 2.66. The summed E-state index contributed by atoms with van der Waals surface area (Å²) in [4.78, 5) is 19.7. The molecule has 2 rings (SSSR count). The number of aryl methyl sites for hydroxylation is 1. The summed E-state index contributed by atoms with van der Waals surface area (Å²) >= 11 is 1.46. The number of carboxylic acids is 1. The van der Waals surface area contributed by atoms with Gasteiger partial charge < -0.3 is 10.8 Å². The second kappa shape index (κ2) is 5.71. The van der Waals surface area contributed by atoms with Crippen LogP contribution >= 0.6 is 11.8 Å². The van der Waals surface area contributed by atoms with Crippen molar-refractivity contribution >= 4 is 23.4 Å². The van der Waals surface area contributed by atoms with Gasteiger partial charge in [0.1, 0.15) is 11.9 Å². The van der Waals surface area contributed by atoms with Crippen molar-refractivity contribution in [3.63, 3.8) is 0 Å². The molecular formula is C13H13N3O2S. The van der Waals surface area contributed by atoms with Crippen molar-refractivity contribution in [1.82, 2.24) is 9.97 Å². The number of anilines is 1. The molecule has 6 heteroatoms. The van der Waals surface area contributed by atoms with Crippen molar-refractivity contribution in [2.24, 2.45) is 0 Å². The average molecular weight is 275 g/mol. The summed E-state index contributed by atoms with van der Waals surface area (Å²) in [5.41, 5.74) is 8.32. The Morgan fingerprint density at radius 2 is 2.26 bits per heavy atom. The van der Waals surface area contributed by atoms with Crippen LogP contribution in [0.1, 0.15) is 21.6 Å². The van der Waals surface area contributed by atoms with Gasteiger partial charge in [-0.3, -0.25) is 0 Å². The molecule has 0 unspecified atom stereocenters. The molecule has 2 aromatic rings. The van der Waals surface area contributed by atoms with Crippen LogP contribution in [0.25, 0.3) is 0 Å². The highest BCUT2D eigenvalue weighted by Crippen LogP contribution is 2.28. The van der Waals surface area contributed by atoms with Gasteiger partial charge in [0.05, 0.1) is 5.69 Å². The van der Waals surface area contributed by atoms with Crippen molar-refractivity contribution in [3.8, 4) is 0 Å². The highest BCUT2D eigenvalue weighted by Gasteiger charge is 2.12. The summed E-state index contributed by atoms with van der Waals surface area (Å²) in [7, 11) is 0. The number of aromatic carboxylic acids is 1. The van der Waals surface area contributed by atoms with E-state index in [2.05, 4.69) is 9.97 Å². The van der Waals surface area contributed by atoms with Gasteiger partial charge in [-0.05, 0) is 24.6 Å². The number of nitrogen functional groups attached to an aromatic ring is 1. The van der Waals surface area contributed by atoms with Crippen LogP contribution in [0.3, 0.4) is 0 Å². The number of aromatic nitrogens is 2. The van der Waals surface area contributed by atoms with Gasteiger partial charge in [0, 0.05) is 22.5 Å². The highest BCUT2D eigenvalue weighted by molar-refractivity contribution is 7.98. The Morgan fingerprint density at radius 1 is 1.47 bits per heavy atom. The van der Waals surface area contributed by atoms with E-state index < -0.39 is 5.97 Å². The molecule has 0 spiro atoms. The van der Waals surface area contributed by atoms with Crippen molar-refractivity contribution in [2.45, 2.75) is 17.6 Å². The second-order valence-corrected chi connectivity index (χ2v) is 5.04. The number of hydrogen-bond acceptors (Lipinski definition) is 5. The van der Waals surface area contributed by atoms with Gasteiger partial charge in [-0.25, -0.2) is 14.8 Å². The number of benzene rings is 1. The van der Waals surface area contributed by atoms with Gasteiger partial charge in [0.15, 0.2) is 0 Å². The van der Waals surface area contributed by atoms with Crippen LogP contribution in [-0.2, 0) is 5.75 Å². The molecule has 1 heterocycles. The van der Waals surface area contributed by atoms with Crippen molar-refractivity contribution < 1.29 is 9.90 Å². The van der Waals surface area contributed by atoms with Gasteiger partial charge in [-0.2, -0.15) is 0 Å². The van der Waals surface area contributed by atoms with E-state index in [9.17, 15) is 4.79 Å². The number of hydrogen-bond donors (Lipinski definition) is 2. The maximum atomic E-state index is 11.0. The molecule has 1 aromatic carbocycles. The van der Waals surface area contributed by atoms with E-state index in [1.165, 1.54) is 24.3 Å². The number of nitrogens with zero attached hydrogens (tertiary/aromatic N) is 2. The van der Waals surface area contributed by atoms with Gasteiger partial charge in [-0.1, -0.05) is 6.07 Å². The molecule has 0 radical (unpaired) electrons. The van der Waals surface area contributed by atoms with Crippen LogP contribution in [0.5, 0.6) is 0 Å². The first-order chi connectivity index (χ1) is 9.08. The zero-order valence-electron chi connectivity index (χ0n) is 10.3. The summed E-state index contributed by atoms with van der Waals surface area (Å²) in [6.45, 7) is 1.97. The normalized spacial score (nSPS) is 10.4. The molecule has 3 N–H and O–H groups in total. The SMILES string of the molecule is Cc1ccc(SCc2ncncc2C(=O)O)c(N)c1. The van der Waals surface area contributed by atoms with E-state index in [0.29, 0.717) is 17.1 Å². The van der Waals surface area contributed by atoms with E-state index in [4.69, 9.17) is 10.8 Å². The Morgan fingerprint density at radius 3 is 2.95 bits per heavy atom. The second-order valence-electron chi connectivity index (χ2n) is 4.02. The summed E-state index contributed by atoms with van der Waals surface area (Å²) < 4.78 is 0. The van der Waals surface area contributed by atoms with Crippen molar-refractivity contribution in [1.29, 1.82) is 0 Å². The Labute approximate surface area is 114 Å². The minimum Gasteiger partial charge on any atom is -0.478 e. The number of carbonyl (C=O) groups is 1. The first kappa shape index (κ1) is 13.4. The highest BCUT2D eigenvalue weighted by atomic mass is 32.2. The quantitative estimate of drug-likeness (QED) is 0.657. The lowest BCUT2D eigenvalue weighted by Gasteiger charge is -2.07. The van der Waals surface area contributed by atoms with Crippen molar-refractivity contribution in [3.05, 3.63) is 47.5 Å². The van der Waals surface area contributed by atoms with Gasteiger partial charge in [-0.15, -0.1) is 11.8 Å². The fraction of sp³-hybridized carbons (Fsp3) is 0.154. The molecule has 0 fully saturated rings. The topological polar surface area (TPSA) is 89.1 Å². The van der Waals surface area contributed by atoms with Gasteiger partial charge >= 0.3 is 5.97 Å². The molecule has 5 nitrogen and oxygen atoms in total. The zero-order valence-corrected chi connectivity index (χ0v) is 11.1. The third kappa shape index (κ3) is 3.23. The Hall–Kier alpha value is -2.08. The predicted octanol–water partition coefficient (Wildman–Crippen LogP) is 2.36. The van der Waals surface area contributed by atoms with Crippen LogP contribution in [0.2, 0.25) is 0 Å². The van der Waals surface area contributed by atoms with E-state index in [1.807, 2.05) is 25.1 Å². The Bertz CT molecular complexity index is 617. The maximum Gasteiger partial charge on any atom is 0.339 e. The summed E-state index contributed by atoms with van der Waals surface area (Å²) in [6, 6.07) is 5.79. The first-order valence-electron chi connectivity index (χ1n) is 5.59. The van der Waals surface area contributed by atoms with Gasteiger partial charge in [0.2, 0.25) is 0 Å². The van der Waals surface area contributed by atoms with Crippen LogP contribution in [0.4, 0.5) is 5.69 Å². The third-order valence-corrected chi connectivity index (χ3v) is 3.66. The van der Waals surface area contributed by atoms with Crippen LogP contribution in [0, 0.1) is 6.92 Å². The average Bonchev–Trinajstić information content (AvgIpc) is 2.38. The minimum absolute atomic E-state index is 0.126. The van der Waals surface area contributed by atoms with E-state index in [0.717, 1.165) is 10.5 Å². The first-order valence-corrected chi connectivity index (χ1v) is 6.57. The minimum atomic E-state index is -1.02. The van der Waals surface area contributed by atoms with Crippen molar-refractivity contribution in [2.75, 3.05) is 5.73 Å². The van der Waals surface area contributed by atoms with E-state index in [1.54, 1.807) is 0 Å². The maximum absolute atomic E-state index is 11.0. The Balaban J connectivity index is 2.17. The predicted molar refractivity (Wildman–Crippen MR) is 74.1 cm³/mol. The zero-order chi connectivity index (χ0) is 13.8. The number of carboxylic acid groups (broad SMARTS) is 1.